The minimum Gasteiger partial charge on any atom is -0.382 e. The number of fused-ring (bicyclic) bond motifs is 3. The summed E-state index contributed by atoms with van der Waals surface area (Å²) in [5, 5.41) is 3.98. The average molecular weight is 385 g/mol. The minimum atomic E-state index is -0.0771. The molecule has 1 amide bonds. The predicted molar refractivity (Wildman–Crippen MR) is 117 cm³/mol. The van der Waals surface area contributed by atoms with Gasteiger partial charge in [0.2, 0.25) is 5.91 Å². The Morgan fingerprint density at radius 3 is 2.72 bits per heavy atom. The zero-order chi connectivity index (χ0) is 20.1. The monoisotopic (exact) mass is 385 g/mol. The Balaban J connectivity index is 1.33. The van der Waals surface area contributed by atoms with E-state index in [0.29, 0.717) is 12.4 Å². The molecule has 2 heterocycles. The van der Waals surface area contributed by atoms with Crippen molar-refractivity contribution in [2.75, 3.05) is 12.3 Å². The molecule has 0 bridgehead atoms. The highest BCUT2D eigenvalue weighted by atomic mass is 16.1. The third-order valence-corrected chi connectivity index (χ3v) is 4.83. The Labute approximate surface area is 169 Å². The number of carbonyl (C=O) groups excluding carboxylic acids is 1. The van der Waals surface area contributed by atoms with Crippen LogP contribution in [-0.4, -0.2) is 27.0 Å². The van der Waals surface area contributed by atoms with Gasteiger partial charge in [-0.05, 0) is 30.5 Å². The maximum atomic E-state index is 11.9. The number of imidazole rings is 1. The van der Waals surface area contributed by atoms with Gasteiger partial charge in [-0.2, -0.15) is 0 Å². The number of nitrogens with zero attached hydrogens (tertiary/aromatic N) is 3. The molecule has 0 unspecified atom stereocenters. The van der Waals surface area contributed by atoms with Gasteiger partial charge < -0.3 is 15.6 Å². The lowest BCUT2D eigenvalue weighted by Gasteiger charge is -2.08. The van der Waals surface area contributed by atoms with Crippen molar-refractivity contribution in [3.63, 3.8) is 0 Å². The maximum absolute atomic E-state index is 11.9. The van der Waals surface area contributed by atoms with Crippen molar-refractivity contribution in [3.05, 3.63) is 72.6 Å². The molecule has 6 nitrogen and oxygen atoms in total. The molecule has 29 heavy (non-hydrogen) atoms. The van der Waals surface area contributed by atoms with E-state index in [2.05, 4.69) is 19.9 Å². The molecule has 146 valence electrons. The van der Waals surface area contributed by atoms with E-state index in [-0.39, 0.29) is 5.91 Å². The Morgan fingerprint density at radius 2 is 1.86 bits per heavy atom. The summed E-state index contributed by atoms with van der Waals surface area (Å²) in [5.74, 6) is 0.377. The second-order valence-electron chi connectivity index (χ2n) is 6.89. The number of nitrogen functional groups attached to an aromatic ring is 1. The maximum Gasteiger partial charge on any atom is 0.243 e. The molecule has 2 aromatic heterocycles. The van der Waals surface area contributed by atoms with Gasteiger partial charge in [0.15, 0.2) is 5.82 Å². The molecule has 6 heteroatoms. The van der Waals surface area contributed by atoms with E-state index in [1.54, 1.807) is 6.08 Å². The second-order valence-corrected chi connectivity index (χ2v) is 6.89. The second kappa shape index (κ2) is 8.56. The van der Waals surface area contributed by atoms with Crippen molar-refractivity contribution in [1.82, 2.24) is 19.9 Å². The summed E-state index contributed by atoms with van der Waals surface area (Å²) in [5.41, 5.74) is 9.71. The van der Waals surface area contributed by atoms with Crippen LogP contribution in [0.5, 0.6) is 0 Å². The molecule has 4 rings (SSSR count). The molecular weight excluding hydrogens is 362 g/mol. The Kier molecular flexibility index (Phi) is 5.52. The Bertz CT molecular complexity index is 1160. The molecular formula is C23H23N5O. The number of nitrogens with one attached hydrogen (secondary N) is 1. The van der Waals surface area contributed by atoms with Gasteiger partial charge in [-0.15, -0.1) is 0 Å². The lowest BCUT2D eigenvalue weighted by molar-refractivity contribution is -0.116. The minimum absolute atomic E-state index is 0.0771. The third-order valence-electron chi connectivity index (χ3n) is 4.83. The molecule has 0 radical (unpaired) electrons. The van der Waals surface area contributed by atoms with Crippen molar-refractivity contribution >= 4 is 39.7 Å². The summed E-state index contributed by atoms with van der Waals surface area (Å²) < 4.78 is 2.12. The molecule has 3 N–H and O–H groups in total. The summed E-state index contributed by atoms with van der Waals surface area (Å²) in [6.45, 7) is 1.44. The van der Waals surface area contributed by atoms with Gasteiger partial charge in [0.1, 0.15) is 5.52 Å². The zero-order valence-corrected chi connectivity index (χ0v) is 16.1. The number of pyridine rings is 1. The average Bonchev–Trinajstić information content (AvgIpc) is 3.18. The van der Waals surface area contributed by atoms with Gasteiger partial charge in [0.05, 0.1) is 17.4 Å². The molecule has 0 aliphatic heterocycles. The molecule has 0 fully saturated rings. The van der Waals surface area contributed by atoms with Crippen molar-refractivity contribution in [3.8, 4) is 0 Å². The van der Waals surface area contributed by atoms with E-state index in [9.17, 15) is 4.79 Å². The number of anilines is 1. The van der Waals surface area contributed by atoms with Crippen LogP contribution in [0.2, 0.25) is 0 Å². The number of hydrogen-bond donors (Lipinski definition) is 2. The normalized spacial score (nSPS) is 11.4. The summed E-state index contributed by atoms with van der Waals surface area (Å²) in [7, 11) is 0. The highest BCUT2D eigenvalue weighted by Crippen LogP contribution is 2.27. The fourth-order valence-electron chi connectivity index (χ4n) is 3.39. The number of aryl methyl sites for hydroxylation is 1. The number of carbonyl (C=O) groups is 1. The van der Waals surface area contributed by atoms with Gasteiger partial charge in [-0.1, -0.05) is 48.5 Å². The highest BCUT2D eigenvalue weighted by Gasteiger charge is 2.11. The summed E-state index contributed by atoms with van der Waals surface area (Å²) >= 11 is 0. The number of hydrogen-bond acceptors (Lipinski definition) is 4. The number of benzene rings is 2. The standard InChI is InChI=1S/C23H23N5O/c24-23-21-22(18-10-4-5-11-19(18)27-23)28(16-26-21)15-7-6-14-25-20(29)13-12-17-8-2-1-3-9-17/h1-5,8-13,16H,6-7,14-15H2,(H2,24,27)(H,25,29)/b13-12+. The van der Waals surface area contributed by atoms with Crippen molar-refractivity contribution in [1.29, 1.82) is 0 Å². The smallest absolute Gasteiger partial charge is 0.243 e. The van der Waals surface area contributed by atoms with Crippen LogP contribution in [0.25, 0.3) is 28.0 Å². The topological polar surface area (TPSA) is 85.8 Å². The summed E-state index contributed by atoms with van der Waals surface area (Å²) in [4.78, 5) is 20.8. The van der Waals surface area contributed by atoms with Crippen LogP contribution in [0.1, 0.15) is 18.4 Å². The lowest BCUT2D eigenvalue weighted by atomic mass is 10.2. The number of nitrogens with two attached hydrogens (primary N) is 1. The quantitative estimate of drug-likeness (QED) is 0.374. The molecule has 0 saturated carbocycles. The number of unbranched alkanes of at least 4 members (excludes halogenated alkanes) is 1. The fourth-order valence-corrected chi connectivity index (χ4v) is 3.39. The van der Waals surface area contributed by atoms with Gasteiger partial charge in [-0.25, -0.2) is 9.97 Å². The molecule has 0 atom stereocenters. The van der Waals surface area contributed by atoms with E-state index >= 15 is 0 Å². The first-order chi connectivity index (χ1) is 14.2. The largest absolute Gasteiger partial charge is 0.382 e. The third kappa shape index (κ3) is 4.27. The van der Waals surface area contributed by atoms with Crippen molar-refractivity contribution < 1.29 is 4.79 Å². The molecule has 0 spiro atoms. The molecule has 0 aliphatic rings. The lowest BCUT2D eigenvalue weighted by Crippen LogP contribution is -2.22. The van der Waals surface area contributed by atoms with Crippen LogP contribution in [-0.2, 0) is 11.3 Å². The number of aromatic nitrogens is 3. The van der Waals surface area contributed by atoms with Crippen LogP contribution in [0, 0.1) is 0 Å². The SMILES string of the molecule is Nc1nc2ccccc2c2c1ncn2CCCCNC(=O)/C=C/c1ccccc1. The highest BCUT2D eigenvalue weighted by molar-refractivity contribution is 6.06. The summed E-state index contributed by atoms with van der Waals surface area (Å²) in [6.07, 6.45) is 7.00. The fraction of sp³-hybridized carbons (Fsp3) is 0.174. The van der Waals surface area contributed by atoms with Crippen LogP contribution in [0.15, 0.2) is 67.0 Å². The predicted octanol–water partition coefficient (Wildman–Crippen LogP) is 3.78. The van der Waals surface area contributed by atoms with E-state index in [0.717, 1.165) is 46.9 Å². The molecule has 0 saturated heterocycles. The van der Waals surface area contributed by atoms with E-state index in [4.69, 9.17) is 5.73 Å². The van der Waals surface area contributed by atoms with E-state index < -0.39 is 0 Å². The summed E-state index contributed by atoms with van der Waals surface area (Å²) in [6, 6.07) is 17.7. The first-order valence-electron chi connectivity index (χ1n) is 9.72. The molecule has 0 aliphatic carbocycles. The van der Waals surface area contributed by atoms with Crippen LogP contribution in [0.3, 0.4) is 0 Å². The molecule has 4 aromatic rings. The number of rotatable bonds is 7. The van der Waals surface area contributed by atoms with E-state index in [1.165, 1.54) is 0 Å². The van der Waals surface area contributed by atoms with Gasteiger partial charge >= 0.3 is 0 Å². The van der Waals surface area contributed by atoms with Gasteiger partial charge in [-0.3, -0.25) is 4.79 Å². The van der Waals surface area contributed by atoms with E-state index in [1.807, 2.05) is 67.0 Å². The van der Waals surface area contributed by atoms with Crippen molar-refractivity contribution in [2.24, 2.45) is 0 Å². The first kappa shape index (κ1) is 18.7. The van der Waals surface area contributed by atoms with Crippen molar-refractivity contribution in [2.45, 2.75) is 19.4 Å². The first-order valence-corrected chi connectivity index (χ1v) is 9.72. The van der Waals surface area contributed by atoms with Crippen LogP contribution in [0.4, 0.5) is 5.82 Å². The Hall–Kier alpha value is -3.67. The van der Waals surface area contributed by atoms with Gasteiger partial charge in [0.25, 0.3) is 0 Å². The Morgan fingerprint density at radius 1 is 1.07 bits per heavy atom. The zero-order valence-electron chi connectivity index (χ0n) is 16.1. The van der Waals surface area contributed by atoms with Crippen LogP contribution < -0.4 is 11.1 Å². The van der Waals surface area contributed by atoms with Crippen LogP contribution >= 0.6 is 0 Å². The molecule has 2 aromatic carbocycles. The number of para-hydroxylation sites is 1. The number of amides is 1. The van der Waals surface area contributed by atoms with Gasteiger partial charge in [0, 0.05) is 24.6 Å².